The van der Waals surface area contributed by atoms with Crippen molar-refractivity contribution in [1.29, 1.82) is 5.41 Å². The Morgan fingerprint density at radius 2 is 2.50 bits per heavy atom. The van der Waals surface area contributed by atoms with E-state index in [2.05, 4.69) is 14.9 Å². The first-order chi connectivity index (χ1) is 8.48. The van der Waals surface area contributed by atoms with Crippen molar-refractivity contribution in [1.82, 2.24) is 10.2 Å². The summed E-state index contributed by atoms with van der Waals surface area (Å²) in [5.74, 6) is -0.248. The number of nitrogens with one attached hydrogen (secondary N) is 3. The second-order valence-corrected chi connectivity index (χ2v) is 5.86. The van der Waals surface area contributed by atoms with E-state index in [1.807, 2.05) is 0 Å². The van der Waals surface area contributed by atoms with Gasteiger partial charge in [0.15, 0.2) is 0 Å². The minimum absolute atomic E-state index is 0.108. The number of amidine groups is 1. The Morgan fingerprint density at radius 1 is 1.72 bits per heavy atom. The molecule has 18 heavy (non-hydrogen) atoms. The molecule has 1 aliphatic heterocycles. The van der Waals surface area contributed by atoms with Gasteiger partial charge >= 0.3 is 0 Å². The molecule has 1 saturated heterocycles. The molecule has 2 heterocycles. The molecule has 1 aromatic heterocycles. The average Bonchev–Trinajstić information content (AvgIpc) is 2.87. The first-order valence-electron chi connectivity index (χ1n) is 5.48. The molecule has 1 aromatic rings. The van der Waals surface area contributed by atoms with E-state index in [1.54, 1.807) is 0 Å². The van der Waals surface area contributed by atoms with Crippen LogP contribution in [0.2, 0.25) is 0 Å². The van der Waals surface area contributed by atoms with Crippen LogP contribution in [0.1, 0.15) is 18.4 Å². The monoisotopic (exact) mass is 273 g/mol. The maximum Gasteiger partial charge on any atom is 0.236 e. The van der Waals surface area contributed by atoms with Crippen LogP contribution in [-0.4, -0.2) is 42.9 Å². The van der Waals surface area contributed by atoms with Crippen molar-refractivity contribution in [2.24, 2.45) is 5.73 Å². The number of anilines is 1. The van der Waals surface area contributed by atoms with Gasteiger partial charge in [-0.05, 0) is 12.8 Å². The van der Waals surface area contributed by atoms with Crippen LogP contribution in [0, 0.1) is 5.41 Å². The number of sulfonamides is 1. The minimum Gasteiger partial charge on any atom is -0.384 e. The van der Waals surface area contributed by atoms with Crippen LogP contribution in [0.3, 0.4) is 0 Å². The highest BCUT2D eigenvalue weighted by atomic mass is 32.2. The van der Waals surface area contributed by atoms with Crippen molar-refractivity contribution >= 4 is 21.7 Å². The molecule has 0 aromatic carbocycles. The van der Waals surface area contributed by atoms with E-state index in [0.717, 1.165) is 12.8 Å². The number of nitrogen functional groups attached to an aromatic ring is 1. The van der Waals surface area contributed by atoms with Crippen LogP contribution in [0.25, 0.3) is 0 Å². The van der Waals surface area contributed by atoms with E-state index < -0.39 is 10.0 Å². The number of H-pyrrole nitrogens is 1. The second kappa shape index (κ2) is 4.94. The first kappa shape index (κ1) is 12.8. The van der Waals surface area contributed by atoms with Gasteiger partial charge in [0.2, 0.25) is 10.0 Å². The third-order valence-corrected chi connectivity index (χ3v) is 3.94. The number of hydrogen-bond donors (Lipinski definition) is 4. The fraction of sp³-hybridized carbons (Fsp3) is 0.556. The molecule has 1 aliphatic rings. The molecule has 1 unspecified atom stereocenters. The van der Waals surface area contributed by atoms with Crippen LogP contribution in [0.4, 0.5) is 5.82 Å². The number of aromatic amines is 1. The number of ether oxygens (including phenoxy) is 1. The Morgan fingerprint density at radius 3 is 3.11 bits per heavy atom. The predicted octanol–water partition coefficient (Wildman–Crippen LogP) is -0.386. The molecule has 2 rings (SSSR count). The highest BCUT2D eigenvalue weighted by Gasteiger charge is 2.24. The fourth-order valence-electron chi connectivity index (χ4n) is 1.79. The van der Waals surface area contributed by atoms with Gasteiger partial charge in [-0.1, -0.05) is 0 Å². The zero-order chi connectivity index (χ0) is 13.2. The van der Waals surface area contributed by atoms with Gasteiger partial charge in [-0.25, -0.2) is 8.42 Å². The predicted molar refractivity (Wildman–Crippen MR) is 66.0 cm³/mol. The van der Waals surface area contributed by atoms with Crippen LogP contribution in [0.5, 0.6) is 0 Å². The Bertz CT molecular complexity index is 532. The van der Waals surface area contributed by atoms with Crippen molar-refractivity contribution in [3.05, 3.63) is 11.8 Å². The summed E-state index contributed by atoms with van der Waals surface area (Å²) in [7, 11) is -3.54. The summed E-state index contributed by atoms with van der Waals surface area (Å²) in [5.41, 5.74) is 5.53. The summed E-state index contributed by atoms with van der Waals surface area (Å²) in [6.45, 7) is 0.600. The molecular weight excluding hydrogens is 258 g/mol. The Kier molecular flexibility index (Phi) is 3.53. The van der Waals surface area contributed by atoms with Crippen LogP contribution in [-0.2, 0) is 14.8 Å². The van der Waals surface area contributed by atoms with Crippen LogP contribution >= 0.6 is 0 Å². The summed E-state index contributed by atoms with van der Waals surface area (Å²) >= 11 is 0. The van der Waals surface area contributed by atoms with Gasteiger partial charge in [0, 0.05) is 6.61 Å². The van der Waals surface area contributed by atoms with E-state index in [1.165, 1.54) is 6.20 Å². The highest BCUT2D eigenvalue weighted by molar-refractivity contribution is 7.92. The molecule has 0 radical (unpaired) electrons. The van der Waals surface area contributed by atoms with Crippen molar-refractivity contribution in [2.45, 2.75) is 18.9 Å². The lowest BCUT2D eigenvalue weighted by Gasteiger charge is -2.11. The van der Waals surface area contributed by atoms with Crippen molar-refractivity contribution in [3.63, 3.8) is 0 Å². The summed E-state index contributed by atoms with van der Waals surface area (Å²) < 4.78 is 31.4. The van der Waals surface area contributed by atoms with Crippen LogP contribution in [0.15, 0.2) is 6.20 Å². The number of hydrogen-bond acceptors (Lipinski definition) is 5. The van der Waals surface area contributed by atoms with Gasteiger partial charge in [-0.2, -0.15) is 5.10 Å². The molecule has 100 valence electrons. The molecule has 1 atom stereocenters. The smallest absolute Gasteiger partial charge is 0.236 e. The number of rotatable bonds is 5. The lowest BCUT2D eigenvalue weighted by atomic mass is 10.3. The molecule has 0 aliphatic carbocycles. The van der Waals surface area contributed by atoms with E-state index in [0.29, 0.717) is 6.61 Å². The van der Waals surface area contributed by atoms with E-state index >= 15 is 0 Å². The fourth-order valence-corrected chi connectivity index (χ4v) is 3.09. The number of aromatic nitrogens is 2. The highest BCUT2D eigenvalue weighted by Crippen LogP contribution is 2.17. The van der Waals surface area contributed by atoms with Gasteiger partial charge in [0.25, 0.3) is 0 Å². The Labute approximate surface area is 104 Å². The zero-order valence-electron chi connectivity index (χ0n) is 9.64. The molecule has 0 saturated carbocycles. The van der Waals surface area contributed by atoms with E-state index in [9.17, 15) is 8.42 Å². The molecule has 0 spiro atoms. The van der Waals surface area contributed by atoms with Crippen molar-refractivity contribution in [2.75, 3.05) is 17.1 Å². The molecule has 1 fully saturated rings. The summed E-state index contributed by atoms with van der Waals surface area (Å²) in [4.78, 5) is 0. The zero-order valence-corrected chi connectivity index (χ0v) is 10.5. The normalized spacial score (nSPS) is 19.9. The molecular formula is C9H15N5O3S. The lowest BCUT2D eigenvalue weighted by Crippen LogP contribution is -2.27. The third-order valence-electron chi connectivity index (χ3n) is 2.62. The molecule has 8 nitrogen and oxygen atoms in total. The van der Waals surface area contributed by atoms with Gasteiger partial charge in [-0.3, -0.25) is 15.2 Å². The number of nitrogens with two attached hydrogens (primary N) is 1. The first-order valence-corrected chi connectivity index (χ1v) is 7.13. The largest absolute Gasteiger partial charge is 0.384 e. The SMILES string of the molecule is N=C(N)c1cn[nH]c1NS(=O)(=O)CC1CCCO1. The van der Waals surface area contributed by atoms with Crippen LogP contribution < -0.4 is 10.5 Å². The van der Waals surface area contributed by atoms with E-state index in [4.69, 9.17) is 15.9 Å². The summed E-state index contributed by atoms with van der Waals surface area (Å²) in [6.07, 6.45) is 2.64. The molecule has 0 bridgehead atoms. The van der Waals surface area contributed by atoms with Crippen molar-refractivity contribution < 1.29 is 13.2 Å². The maximum atomic E-state index is 11.9. The lowest BCUT2D eigenvalue weighted by molar-refractivity contribution is 0.127. The Hall–Kier alpha value is -1.61. The minimum atomic E-state index is -3.54. The third kappa shape index (κ3) is 2.99. The van der Waals surface area contributed by atoms with Crippen molar-refractivity contribution in [3.8, 4) is 0 Å². The van der Waals surface area contributed by atoms with Gasteiger partial charge in [-0.15, -0.1) is 0 Å². The molecule has 0 amide bonds. The second-order valence-electron chi connectivity index (χ2n) is 4.09. The van der Waals surface area contributed by atoms with Gasteiger partial charge in [0.05, 0.1) is 23.6 Å². The van der Waals surface area contributed by atoms with Gasteiger partial charge in [0.1, 0.15) is 11.7 Å². The summed E-state index contributed by atoms with van der Waals surface area (Å²) in [6, 6.07) is 0. The molecule has 9 heteroatoms. The average molecular weight is 273 g/mol. The standard InChI is InChI=1S/C9H15N5O3S/c10-8(11)7-4-12-13-9(7)14-18(15,16)5-6-2-1-3-17-6/h4,6H,1-3,5H2,(H3,10,11)(H2,12,13,14). The number of nitrogens with zero attached hydrogens (tertiary/aromatic N) is 1. The summed E-state index contributed by atoms with van der Waals surface area (Å²) in [5, 5.41) is 13.4. The van der Waals surface area contributed by atoms with Gasteiger partial charge < -0.3 is 10.5 Å². The maximum absolute atomic E-state index is 11.9. The topological polar surface area (TPSA) is 134 Å². The molecule has 5 N–H and O–H groups in total. The Balaban J connectivity index is 2.07. The van der Waals surface area contributed by atoms with E-state index in [-0.39, 0.29) is 29.1 Å². The quantitative estimate of drug-likeness (QED) is 0.428.